The van der Waals surface area contributed by atoms with Crippen molar-refractivity contribution in [2.45, 2.75) is 21.5 Å². The third-order valence-corrected chi connectivity index (χ3v) is 5.71. The molecule has 2 aromatic rings. The maximum atomic E-state index is 12.9. The van der Waals surface area contributed by atoms with Gasteiger partial charge in [-0.05, 0) is 41.8 Å². The Hall–Kier alpha value is -0.260. The van der Waals surface area contributed by atoms with Gasteiger partial charge in [0.2, 0.25) is 3.79 Å². The van der Waals surface area contributed by atoms with Crippen molar-refractivity contribution < 1.29 is 9.53 Å². The van der Waals surface area contributed by atoms with Crippen LogP contribution in [0, 0.1) is 0 Å². The van der Waals surface area contributed by atoms with Crippen LogP contribution in [0.5, 0.6) is 0 Å². The van der Waals surface area contributed by atoms with Gasteiger partial charge in [0.1, 0.15) is 12.0 Å². The van der Waals surface area contributed by atoms with Crippen molar-refractivity contribution in [2.75, 3.05) is 6.61 Å². The molecule has 0 aromatic heterocycles. The van der Waals surface area contributed by atoms with Crippen LogP contribution in [-0.4, -0.2) is 16.4 Å². The van der Waals surface area contributed by atoms with E-state index in [9.17, 15) is 4.79 Å². The largest absolute Gasteiger partial charge is 0.460 e. The highest BCUT2D eigenvalue weighted by molar-refractivity contribution is 9.10. The number of ether oxygens (including phenoxy) is 1. The Morgan fingerprint density at radius 1 is 1.04 bits per heavy atom. The van der Waals surface area contributed by atoms with Crippen LogP contribution < -0.4 is 0 Å². The van der Waals surface area contributed by atoms with E-state index in [0.717, 1.165) is 20.1 Å². The summed E-state index contributed by atoms with van der Waals surface area (Å²) in [7, 11) is 0. The molecule has 1 saturated carbocycles. The maximum Gasteiger partial charge on any atom is 0.317 e. The summed E-state index contributed by atoms with van der Waals surface area (Å²) in [5, 5.41) is 0. The van der Waals surface area contributed by atoms with E-state index >= 15 is 0 Å². The third-order valence-electron chi connectivity index (χ3n) is 4.32. The average molecular weight is 527 g/mol. The highest BCUT2D eigenvalue weighted by Gasteiger charge is 2.63. The summed E-state index contributed by atoms with van der Waals surface area (Å²) in [5.41, 5.74) is 1.24. The first-order valence-corrected chi connectivity index (χ1v) is 10.2. The lowest BCUT2D eigenvalue weighted by Crippen LogP contribution is -2.28. The Bertz CT molecular complexity index is 772. The summed E-state index contributed by atoms with van der Waals surface area (Å²) in [6, 6.07) is 15.6. The minimum absolute atomic E-state index is 0.0321. The molecular weight excluding hydrogens is 514 g/mol. The molecule has 1 aliphatic carbocycles. The number of esters is 1. The van der Waals surface area contributed by atoms with Crippen LogP contribution in [-0.2, 0) is 14.9 Å². The molecule has 1 fully saturated rings. The molecule has 2 atom stereocenters. The lowest BCUT2D eigenvalue weighted by Gasteiger charge is -2.19. The van der Waals surface area contributed by atoms with Crippen molar-refractivity contribution in [3.05, 3.63) is 68.6 Å². The fourth-order valence-corrected chi connectivity index (χ4v) is 3.74. The van der Waals surface area contributed by atoms with Crippen LogP contribution >= 0.6 is 66.7 Å². The molecule has 0 heterocycles. The molecule has 132 valence electrons. The first kappa shape index (κ1) is 19.5. The Kier molecular flexibility index (Phi) is 5.77. The zero-order chi connectivity index (χ0) is 18.2. The van der Waals surface area contributed by atoms with E-state index in [2.05, 4.69) is 31.9 Å². The monoisotopic (exact) mass is 524 g/mol. The van der Waals surface area contributed by atoms with Gasteiger partial charge in [0.15, 0.2) is 0 Å². The van der Waals surface area contributed by atoms with Gasteiger partial charge in [-0.15, -0.1) is 0 Å². The molecule has 0 saturated heterocycles. The van der Waals surface area contributed by atoms with Crippen LogP contribution in [0.3, 0.4) is 0 Å². The summed E-state index contributed by atoms with van der Waals surface area (Å²) >= 11 is 24.0. The molecule has 1 aliphatic rings. The van der Waals surface area contributed by atoms with Gasteiger partial charge in [0.05, 0.1) is 0 Å². The van der Waals surface area contributed by atoms with Gasteiger partial charge in [-0.3, -0.25) is 4.79 Å². The number of hydrogen-bond acceptors (Lipinski definition) is 2. The highest BCUT2D eigenvalue weighted by atomic mass is 79.9. The van der Waals surface area contributed by atoms with Gasteiger partial charge in [0, 0.05) is 14.9 Å². The Balaban J connectivity index is 1.92. The third kappa shape index (κ3) is 4.36. The molecule has 25 heavy (non-hydrogen) atoms. The van der Waals surface area contributed by atoms with Crippen molar-refractivity contribution in [1.29, 1.82) is 0 Å². The minimum Gasteiger partial charge on any atom is -0.460 e. The molecule has 0 N–H and O–H groups in total. The molecule has 0 radical (unpaired) electrons. The minimum atomic E-state index is -1.63. The fourth-order valence-electron chi connectivity index (χ4n) is 3.05. The van der Waals surface area contributed by atoms with E-state index in [1.54, 1.807) is 0 Å². The number of benzene rings is 2. The van der Waals surface area contributed by atoms with Crippen LogP contribution in [0.15, 0.2) is 57.5 Å². The number of halogens is 5. The van der Waals surface area contributed by atoms with Crippen LogP contribution in [0.1, 0.15) is 23.5 Å². The lowest BCUT2D eigenvalue weighted by molar-refractivity contribution is -0.146. The molecule has 0 aliphatic heterocycles. The molecule has 0 unspecified atom stereocenters. The van der Waals surface area contributed by atoms with E-state index in [0.29, 0.717) is 6.42 Å². The zero-order valence-electron chi connectivity index (χ0n) is 12.8. The number of rotatable bonds is 4. The number of alkyl halides is 3. The first-order valence-electron chi connectivity index (χ1n) is 7.48. The Morgan fingerprint density at radius 2 is 1.56 bits per heavy atom. The number of carbonyl (C=O) groups excluding carboxylic acids is 1. The van der Waals surface area contributed by atoms with Crippen LogP contribution in [0.4, 0.5) is 0 Å². The van der Waals surface area contributed by atoms with Crippen molar-refractivity contribution in [1.82, 2.24) is 0 Å². The zero-order valence-corrected chi connectivity index (χ0v) is 18.3. The molecule has 3 rings (SSSR count). The van der Waals surface area contributed by atoms with Gasteiger partial charge in [0.25, 0.3) is 0 Å². The van der Waals surface area contributed by atoms with Crippen molar-refractivity contribution in [3.63, 3.8) is 0 Å². The molecule has 0 bridgehead atoms. The quantitative estimate of drug-likeness (QED) is 0.333. The number of carbonyl (C=O) groups is 1. The van der Waals surface area contributed by atoms with Gasteiger partial charge in [-0.2, -0.15) is 0 Å². The second-order valence-electron chi connectivity index (χ2n) is 5.98. The second-order valence-corrected chi connectivity index (χ2v) is 10.3. The van der Waals surface area contributed by atoms with E-state index < -0.39 is 9.21 Å². The fraction of sp³-hybridized carbons (Fsp3) is 0.278. The molecule has 0 spiro atoms. The average Bonchev–Trinajstić information content (AvgIpc) is 3.30. The lowest BCUT2D eigenvalue weighted by atomic mass is 9.91. The summed E-state index contributed by atoms with van der Waals surface area (Å²) in [4.78, 5) is 12.9. The smallest absolute Gasteiger partial charge is 0.317 e. The Morgan fingerprint density at radius 3 is 2.08 bits per heavy atom. The summed E-state index contributed by atoms with van der Waals surface area (Å²) in [6.07, 6.45) is 0.662. The molecular formula is C18H13Br2Cl3O2. The van der Waals surface area contributed by atoms with Crippen LogP contribution in [0.2, 0.25) is 0 Å². The van der Waals surface area contributed by atoms with Gasteiger partial charge in [-0.25, -0.2) is 0 Å². The van der Waals surface area contributed by atoms with Crippen molar-refractivity contribution >= 4 is 72.6 Å². The van der Waals surface area contributed by atoms with Crippen LogP contribution in [0.25, 0.3) is 0 Å². The van der Waals surface area contributed by atoms with E-state index in [4.69, 9.17) is 39.5 Å². The maximum absolute atomic E-state index is 12.9. The predicted molar refractivity (Wildman–Crippen MR) is 109 cm³/mol. The molecule has 7 heteroatoms. The first-order chi connectivity index (χ1) is 11.7. The highest BCUT2D eigenvalue weighted by Crippen LogP contribution is 2.61. The van der Waals surface area contributed by atoms with Crippen molar-refractivity contribution in [2.24, 2.45) is 0 Å². The van der Waals surface area contributed by atoms with Gasteiger partial charge < -0.3 is 4.74 Å². The topological polar surface area (TPSA) is 26.3 Å². The SMILES string of the molecule is O=C(OCC(Cl)(Cl)Cl)[C@@]1(c2ccc(Br)cc2)C[C@@H]1c1ccc(Br)cc1. The van der Waals surface area contributed by atoms with Gasteiger partial charge >= 0.3 is 5.97 Å². The molecule has 2 nitrogen and oxygen atoms in total. The summed E-state index contributed by atoms with van der Waals surface area (Å²) in [6.45, 7) is -0.276. The molecule has 0 amide bonds. The van der Waals surface area contributed by atoms with E-state index in [-0.39, 0.29) is 18.5 Å². The van der Waals surface area contributed by atoms with Gasteiger partial charge in [-0.1, -0.05) is 90.9 Å². The van der Waals surface area contributed by atoms with E-state index in [1.807, 2.05) is 48.5 Å². The summed E-state index contributed by atoms with van der Waals surface area (Å²) < 4.78 is 5.65. The molecule has 2 aromatic carbocycles. The number of hydrogen-bond donors (Lipinski definition) is 0. The van der Waals surface area contributed by atoms with Crippen molar-refractivity contribution in [3.8, 4) is 0 Å². The van der Waals surface area contributed by atoms with E-state index in [1.165, 1.54) is 0 Å². The Labute approximate surface area is 178 Å². The standard InChI is InChI=1S/C18H13Br2Cl3O2/c19-13-5-1-11(2-6-13)15-9-17(15,12-3-7-14(20)8-4-12)16(24)25-10-18(21,22)23/h1-8,15H,9-10H2/t15-,17-/m1/s1. The predicted octanol–water partition coefficient (Wildman–Crippen LogP) is 6.55. The normalized spacial score (nSPS) is 22.5. The summed E-state index contributed by atoms with van der Waals surface area (Å²) in [5.74, 6) is -0.335. The second kappa shape index (κ2) is 7.40.